The second kappa shape index (κ2) is 8.90. The van der Waals surface area contributed by atoms with Gasteiger partial charge in [0.2, 0.25) is 0 Å². The summed E-state index contributed by atoms with van der Waals surface area (Å²) in [6.45, 7) is 6.47. The highest BCUT2D eigenvalue weighted by Crippen LogP contribution is 2.30. The molecule has 4 heteroatoms. The van der Waals surface area contributed by atoms with Crippen molar-refractivity contribution >= 4 is 16.7 Å². The van der Waals surface area contributed by atoms with Gasteiger partial charge in [0.15, 0.2) is 11.5 Å². The first-order valence-corrected chi connectivity index (χ1v) is 8.87. The summed E-state index contributed by atoms with van der Waals surface area (Å²) in [6, 6.07) is 19.4. The molecule has 0 fully saturated rings. The van der Waals surface area contributed by atoms with Crippen LogP contribution in [0.1, 0.15) is 22.8 Å². The van der Waals surface area contributed by atoms with Crippen LogP contribution in [-0.2, 0) is 11.3 Å². The van der Waals surface area contributed by atoms with Crippen molar-refractivity contribution in [3.05, 3.63) is 84.4 Å². The smallest absolute Gasteiger partial charge is 0.338 e. The normalized spacial score (nSPS) is 10.4. The third-order valence-corrected chi connectivity index (χ3v) is 4.07. The van der Waals surface area contributed by atoms with Gasteiger partial charge >= 0.3 is 5.97 Å². The molecule has 0 aliphatic carbocycles. The zero-order valence-electron chi connectivity index (χ0n) is 15.3. The van der Waals surface area contributed by atoms with Gasteiger partial charge in [-0.25, -0.2) is 4.79 Å². The van der Waals surface area contributed by atoms with Crippen LogP contribution in [0.3, 0.4) is 0 Å². The van der Waals surface area contributed by atoms with Gasteiger partial charge in [-0.15, -0.1) is 0 Å². The van der Waals surface area contributed by atoms with Crippen molar-refractivity contribution in [3.8, 4) is 11.5 Å². The number of esters is 1. The molecular weight excluding hydrogens is 340 g/mol. The lowest BCUT2D eigenvalue weighted by Gasteiger charge is -2.14. The summed E-state index contributed by atoms with van der Waals surface area (Å²) in [5.74, 6) is 0.687. The highest BCUT2D eigenvalue weighted by Gasteiger charge is 2.13. The van der Waals surface area contributed by atoms with E-state index in [1.165, 1.54) is 11.5 Å². The first-order valence-electron chi connectivity index (χ1n) is 8.87. The molecule has 0 heterocycles. The van der Waals surface area contributed by atoms with Crippen molar-refractivity contribution in [1.29, 1.82) is 0 Å². The van der Waals surface area contributed by atoms with Gasteiger partial charge in [0.05, 0.1) is 12.2 Å². The summed E-state index contributed by atoms with van der Waals surface area (Å²) in [5.41, 5.74) is 1.50. The monoisotopic (exact) mass is 362 g/mol. The van der Waals surface area contributed by atoms with Crippen LogP contribution in [0.2, 0.25) is 0 Å². The van der Waals surface area contributed by atoms with Crippen LogP contribution in [0, 0.1) is 0 Å². The van der Waals surface area contributed by atoms with Crippen LogP contribution in [-0.4, -0.2) is 19.2 Å². The van der Waals surface area contributed by atoms with E-state index < -0.39 is 5.97 Å². The van der Waals surface area contributed by atoms with Gasteiger partial charge in [-0.1, -0.05) is 55.1 Å². The number of hydrogen-bond donors (Lipinski definition) is 0. The maximum atomic E-state index is 12.0. The van der Waals surface area contributed by atoms with Gasteiger partial charge in [0.1, 0.15) is 13.2 Å². The summed E-state index contributed by atoms with van der Waals surface area (Å²) in [5, 5.41) is 2.33. The number of ether oxygens (including phenoxy) is 3. The molecule has 0 radical (unpaired) electrons. The van der Waals surface area contributed by atoms with Gasteiger partial charge < -0.3 is 14.2 Å². The zero-order valence-corrected chi connectivity index (χ0v) is 15.3. The molecule has 3 aromatic carbocycles. The number of carbonyl (C=O) groups is 1. The Morgan fingerprint density at radius 3 is 2.63 bits per heavy atom. The van der Waals surface area contributed by atoms with Gasteiger partial charge in [0.25, 0.3) is 0 Å². The van der Waals surface area contributed by atoms with Gasteiger partial charge in [-0.3, -0.25) is 0 Å². The Morgan fingerprint density at radius 2 is 1.81 bits per heavy atom. The van der Waals surface area contributed by atoms with Gasteiger partial charge in [0, 0.05) is 0 Å². The highest BCUT2D eigenvalue weighted by molar-refractivity contribution is 5.90. The van der Waals surface area contributed by atoms with Gasteiger partial charge in [-0.2, -0.15) is 0 Å². The number of carbonyl (C=O) groups excluding carboxylic acids is 1. The molecular formula is C23H22O4. The molecule has 138 valence electrons. The van der Waals surface area contributed by atoms with Crippen LogP contribution in [0.4, 0.5) is 0 Å². The highest BCUT2D eigenvalue weighted by atomic mass is 16.5. The predicted molar refractivity (Wildman–Crippen MR) is 106 cm³/mol. The molecule has 0 saturated carbocycles. The van der Waals surface area contributed by atoms with E-state index in [0.29, 0.717) is 30.3 Å². The molecule has 0 unspecified atom stereocenters. The van der Waals surface area contributed by atoms with E-state index in [-0.39, 0.29) is 6.61 Å². The molecule has 0 aromatic heterocycles. The van der Waals surface area contributed by atoms with E-state index in [4.69, 9.17) is 14.2 Å². The van der Waals surface area contributed by atoms with Crippen molar-refractivity contribution in [2.75, 3.05) is 13.2 Å². The fourth-order valence-electron chi connectivity index (χ4n) is 2.81. The number of benzene rings is 3. The topological polar surface area (TPSA) is 44.8 Å². The number of hydrogen-bond acceptors (Lipinski definition) is 4. The minimum absolute atomic E-state index is 0.169. The second-order valence-corrected chi connectivity index (χ2v) is 5.91. The quantitative estimate of drug-likeness (QED) is 0.410. The second-order valence-electron chi connectivity index (χ2n) is 5.91. The maximum absolute atomic E-state index is 12.0. The molecule has 0 aliphatic heterocycles. The van der Waals surface area contributed by atoms with Crippen molar-refractivity contribution in [2.45, 2.75) is 13.5 Å². The largest absolute Gasteiger partial charge is 0.490 e. The summed E-state index contributed by atoms with van der Waals surface area (Å²) >= 11 is 0. The maximum Gasteiger partial charge on any atom is 0.338 e. The molecule has 27 heavy (non-hydrogen) atoms. The Labute approximate surface area is 159 Å². The molecule has 3 aromatic rings. The zero-order chi connectivity index (χ0) is 19.1. The van der Waals surface area contributed by atoms with Crippen LogP contribution in [0.25, 0.3) is 10.8 Å². The molecule has 0 spiro atoms. The van der Waals surface area contributed by atoms with E-state index in [1.54, 1.807) is 18.2 Å². The third-order valence-electron chi connectivity index (χ3n) is 4.07. The minimum Gasteiger partial charge on any atom is -0.490 e. The van der Waals surface area contributed by atoms with Crippen molar-refractivity contribution in [3.63, 3.8) is 0 Å². The van der Waals surface area contributed by atoms with Crippen LogP contribution < -0.4 is 9.47 Å². The molecule has 0 amide bonds. The summed E-state index contributed by atoms with van der Waals surface area (Å²) in [7, 11) is 0. The molecule has 4 nitrogen and oxygen atoms in total. The van der Waals surface area contributed by atoms with Crippen molar-refractivity contribution in [2.24, 2.45) is 0 Å². The summed E-state index contributed by atoms with van der Waals surface area (Å²) in [4.78, 5) is 12.0. The van der Waals surface area contributed by atoms with E-state index in [0.717, 1.165) is 10.9 Å². The Balaban J connectivity index is 1.81. The van der Waals surface area contributed by atoms with E-state index in [9.17, 15) is 4.79 Å². The van der Waals surface area contributed by atoms with Crippen LogP contribution in [0.5, 0.6) is 11.5 Å². The Bertz CT molecular complexity index is 941. The lowest BCUT2D eigenvalue weighted by Crippen LogP contribution is -2.06. The molecule has 0 saturated heterocycles. The summed E-state index contributed by atoms with van der Waals surface area (Å²) in [6.07, 6.45) is 1.53. The molecule has 0 atom stereocenters. The van der Waals surface area contributed by atoms with Crippen molar-refractivity contribution < 1.29 is 19.0 Å². The standard InChI is InChI=1S/C23H22O4/c1-3-14-26-23(24)18-12-13-21(22(15-18)25-4-2)27-16-19-10-7-9-17-8-5-6-11-20(17)19/h3,5-13,15H,1,4,14,16H2,2H3. The molecule has 3 rings (SSSR count). The van der Waals surface area contributed by atoms with Crippen molar-refractivity contribution in [1.82, 2.24) is 0 Å². The van der Waals surface area contributed by atoms with E-state index >= 15 is 0 Å². The molecule has 0 N–H and O–H groups in total. The lowest BCUT2D eigenvalue weighted by molar-refractivity contribution is 0.0549. The SMILES string of the molecule is C=CCOC(=O)c1ccc(OCc2cccc3ccccc23)c(OCC)c1. The first-order chi connectivity index (χ1) is 13.2. The van der Waals surface area contributed by atoms with Gasteiger partial charge in [-0.05, 0) is 41.5 Å². The van der Waals surface area contributed by atoms with E-state index in [1.807, 2.05) is 31.2 Å². The third kappa shape index (κ3) is 4.47. The minimum atomic E-state index is -0.420. The van der Waals surface area contributed by atoms with Crippen LogP contribution in [0.15, 0.2) is 73.3 Å². The summed E-state index contributed by atoms with van der Waals surface area (Å²) < 4.78 is 16.7. The number of rotatable bonds is 8. The fraction of sp³-hybridized carbons (Fsp3) is 0.174. The first kappa shape index (κ1) is 18.5. The Morgan fingerprint density at radius 1 is 1.00 bits per heavy atom. The fourth-order valence-corrected chi connectivity index (χ4v) is 2.81. The number of fused-ring (bicyclic) bond motifs is 1. The average Bonchev–Trinajstić information content (AvgIpc) is 2.71. The molecule has 0 aliphatic rings. The Hall–Kier alpha value is -3.27. The predicted octanol–water partition coefficient (Wildman–Crippen LogP) is 5.16. The van der Waals surface area contributed by atoms with E-state index in [2.05, 4.69) is 24.8 Å². The molecule has 0 bridgehead atoms. The lowest BCUT2D eigenvalue weighted by atomic mass is 10.1. The van der Waals surface area contributed by atoms with Crippen LogP contribution >= 0.6 is 0 Å². The Kier molecular flexibility index (Phi) is 6.10. The average molecular weight is 362 g/mol.